The van der Waals surface area contributed by atoms with Crippen molar-refractivity contribution < 1.29 is 23.3 Å². The van der Waals surface area contributed by atoms with Crippen LogP contribution in [-0.4, -0.2) is 54.1 Å². The molecule has 1 amide bonds. The molecule has 0 unspecified atom stereocenters. The smallest absolute Gasteiger partial charge is 0.350 e. The van der Waals surface area contributed by atoms with Crippen LogP contribution in [0.2, 0.25) is 0 Å². The fourth-order valence-electron chi connectivity index (χ4n) is 4.31. The van der Waals surface area contributed by atoms with Gasteiger partial charge >= 0.3 is 6.18 Å². The maximum absolute atomic E-state index is 13.7. The van der Waals surface area contributed by atoms with Crippen molar-refractivity contribution in [2.75, 3.05) is 25.5 Å². The summed E-state index contributed by atoms with van der Waals surface area (Å²) in [6.45, 7) is 7.97. The number of hydrogen-bond acceptors (Lipinski definition) is 6. The summed E-state index contributed by atoms with van der Waals surface area (Å²) in [7, 11) is 1.84. The number of benzene rings is 1. The summed E-state index contributed by atoms with van der Waals surface area (Å²) in [5.74, 6) is 0.649. The second kappa shape index (κ2) is 10.7. The van der Waals surface area contributed by atoms with Gasteiger partial charge < -0.3 is 20.9 Å². The van der Waals surface area contributed by atoms with Crippen LogP contribution in [-0.2, 0) is 23.2 Å². The lowest BCUT2D eigenvalue weighted by Crippen LogP contribution is -2.77. The van der Waals surface area contributed by atoms with Gasteiger partial charge in [-0.2, -0.15) is 18.2 Å². The van der Waals surface area contributed by atoms with Gasteiger partial charge in [0.05, 0.1) is 12.2 Å². The summed E-state index contributed by atoms with van der Waals surface area (Å²) in [5.41, 5.74) is 2.08. The van der Waals surface area contributed by atoms with Crippen molar-refractivity contribution in [2.45, 2.75) is 58.3 Å². The molecule has 38 heavy (non-hydrogen) atoms. The number of fused-ring (bicyclic) bond motifs is 1. The molecule has 3 heterocycles. The highest BCUT2D eigenvalue weighted by Gasteiger charge is 2.49. The third-order valence-electron chi connectivity index (χ3n) is 6.77. The first-order valence-corrected chi connectivity index (χ1v) is 12.7. The number of anilines is 1. The van der Waals surface area contributed by atoms with Crippen molar-refractivity contribution in [3.8, 4) is 0 Å². The number of amides is 1. The molecule has 0 saturated carbocycles. The molecular weight excluding hydrogens is 495 g/mol. The first-order chi connectivity index (χ1) is 17.8. The van der Waals surface area contributed by atoms with E-state index in [4.69, 9.17) is 4.99 Å². The summed E-state index contributed by atoms with van der Waals surface area (Å²) in [6, 6.07) is 9.10. The minimum atomic E-state index is -4.46. The highest BCUT2D eigenvalue weighted by Crippen LogP contribution is 2.39. The lowest BCUT2D eigenvalue weighted by molar-refractivity contribution is -0.520. The Balaban J connectivity index is 1.68. The molecule has 1 aromatic carbocycles. The van der Waals surface area contributed by atoms with E-state index in [0.717, 1.165) is 39.0 Å². The molecule has 0 radical (unpaired) electrons. The molecule has 0 atom stereocenters. The fraction of sp³-hybridized carbons (Fsp3) is 0.444. The van der Waals surface area contributed by atoms with E-state index < -0.39 is 11.6 Å². The van der Waals surface area contributed by atoms with Crippen LogP contribution in [0.4, 0.5) is 24.5 Å². The van der Waals surface area contributed by atoms with Crippen molar-refractivity contribution in [1.29, 1.82) is 0 Å². The number of likely N-dealkylation sites (N-methyl/N-ethyl adjacent to an activating group) is 1. The average Bonchev–Trinajstić information content (AvgIpc) is 2.85. The second-order valence-corrected chi connectivity index (χ2v) is 10.6. The number of alkyl halides is 3. The highest BCUT2D eigenvalue weighted by atomic mass is 19.4. The van der Waals surface area contributed by atoms with Crippen molar-refractivity contribution in [2.24, 2.45) is 4.99 Å². The van der Waals surface area contributed by atoms with Crippen LogP contribution in [0.5, 0.6) is 0 Å². The Hall–Kier alpha value is -3.44. The van der Waals surface area contributed by atoms with Gasteiger partial charge in [0, 0.05) is 43.7 Å². The normalized spacial score (nSPS) is 16.3. The van der Waals surface area contributed by atoms with Crippen molar-refractivity contribution in [3.05, 3.63) is 64.7 Å². The van der Waals surface area contributed by atoms with Crippen LogP contribution in [0, 0.1) is 0 Å². The lowest BCUT2D eigenvalue weighted by atomic mass is 9.88. The number of carbonyl (C=O) groups excluding carboxylic acids is 1. The SMILES string of the molecule is CC(C)NC(=O)C1=C([NH2+]c2ccnc(C(C)(C)C(F)(F)F)c2)N=C(Nc2ccc3c(c2)CCNC3)N(C)C1. The average molecular weight is 531 g/mol. The van der Waals surface area contributed by atoms with E-state index in [2.05, 4.69) is 33.1 Å². The monoisotopic (exact) mass is 530 g/mol. The molecule has 204 valence electrons. The minimum absolute atomic E-state index is 0.0878. The van der Waals surface area contributed by atoms with Crippen molar-refractivity contribution >= 4 is 23.2 Å². The zero-order valence-corrected chi connectivity index (χ0v) is 22.3. The van der Waals surface area contributed by atoms with Crippen LogP contribution < -0.4 is 21.3 Å². The van der Waals surface area contributed by atoms with E-state index in [1.165, 1.54) is 23.4 Å². The predicted octanol–water partition coefficient (Wildman–Crippen LogP) is 2.91. The number of hydrogen-bond donors (Lipinski definition) is 4. The van der Waals surface area contributed by atoms with Gasteiger partial charge in [-0.25, -0.2) is 0 Å². The molecule has 5 N–H and O–H groups in total. The quantitative estimate of drug-likeness (QED) is 0.461. The molecular formula is C27H35F3N7O+. The molecule has 2 aliphatic rings. The lowest BCUT2D eigenvalue weighted by Gasteiger charge is -2.28. The summed E-state index contributed by atoms with van der Waals surface area (Å²) < 4.78 is 41.0. The Morgan fingerprint density at radius 2 is 1.92 bits per heavy atom. The van der Waals surface area contributed by atoms with Crippen LogP contribution in [0.25, 0.3) is 0 Å². The Kier molecular flexibility index (Phi) is 7.80. The number of carbonyl (C=O) groups is 1. The van der Waals surface area contributed by atoms with Crippen molar-refractivity contribution in [3.63, 3.8) is 0 Å². The number of guanidine groups is 1. The first kappa shape index (κ1) is 27.6. The fourth-order valence-corrected chi connectivity index (χ4v) is 4.31. The van der Waals surface area contributed by atoms with Crippen LogP contribution >= 0.6 is 0 Å². The standard InChI is InChI=1S/C27H34F3N7O/c1-16(2)33-24(38)21-15-37(5)25(35-19-7-6-18-14-31-10-8-17(18)12-19)36-23(21)34-20-9-11-32-22(13-20)26(3,4)27(28,29)30/h6-7,9,11-13,16,31H,8,10,14-15H2,1-5H3,(H,32,34)(H,33,38)(H,35,36)/p+1. The number of nitrogens with zero attached hydrogens (tertiary/aromatic N) is 3. The molecule has 11 heteroatoms. The van der Waals surface area contributed by atoms with Gasteiger partial charge in [-0.05, 0) is 63.9 Å². The number of nitrogens with two attached hydrogens (primary N) is 1. The zero-order chi connectivity index (χ0) is 27.7. The number of nitrogens with one attached hydrogen (secondary N) is 3. The molecule has 2 aliphatic heterocycles. The first-order valence-electron chi connectivity index (χ1n) is 12.7. The highest BCUT2D eigenvalue weighted by molar-refractivity contribution is 6.00. The van der Waals surface area contributed by atoms with Gasteiger partial charge in [0.15, 0.2) is 0 Å². The molecule has 1 aromatic heterocycles. The zero-order valence-electron chi connectivity index (χ0n) is 22.3. The Morgan fingerprint density at radius 1 is 1.16 bits per heavy atom. The van der Waals surface area contributed by atoms with E-state index >= 15 is 0 Å². The summed E-state index contributed by atoms with van der Waals surface area (Å²) in [5, 5.41) is 11.3. The molecule has 8 nitrogen and oxygen atoms in total. The van der Waals surface area contributed by atoms with E-state index in [0.29, 0.717) is 23.0 Å². The summed E-state index contributed by atoms with van der Waals surface area (Å²) in [4.78, 5) is 23.7. The van der Waals surface area contributed by atoms with Gasteiger partial charge in [-0.1, -0.05) is 6.07 Å². The minimum Gasteiger partial charge on any atom is -0.350 e. The number of quaternary nitrogens is 1. The predicted molar refractivity (Wildman–Crippen MR) is 141 cm³/mol. The Morgan fingerprint density at radius 3 is 2.63 bits per heavy atom. The van der Waals surface area contributed by atoms with E-state index in [9.17, 15) is 18.0 Å². The van der Waals surface area contributed by atoms with Gasteiger partial charge in [-0.3, -0.25) is 15.1 Å². The van der Waals surface area contributed by atoms with Gasteiger partial charge in [0.25, 0.3) is 5.91 Å². The third kappa shape index (κ3) is 5.99. The number of aromatic nitrogens is 1. The number of rotatable bonds is 6. The molecule has 0 spiro atoms. The summed E-state index contributed by atoms with van der Waals surface area (Å²) >= 11 is 0. The van der Waals surface area contributed by atoms with Crippen LogP contribution in [0.1, 0.15) is 44.5 Å². The van der Waals surface area contributed by atoms with Gasteiger partial charge in [0.2, 0.25) is 11.8 Å². The van der Waals surface area contributed by atoms with E-state index in [1.54, 1.807) is 11.4 Å². The number of halogens is 3. The van der Waals surface area contributed by atoms with Crippen molar-refractivity contribution in [1.82, 2.24) is 20.5 Å². The maximum atomic E-state index is 13.7. The molecule has 2 aromatic rings. The van der Waals surface area contributed by atoms with Gasteiger partial charge in [0.1, 0.15) is 16.7 Å². The Bertz CT molecular complexity index is 1270. The molecule has 0 fully saturated rings. The van der Waals surface area contributed by atoms with Crippen LogP contribution in [0.3, 0.4) is 0 Å². The largest absolute Gasteiger partial charge is 0.399 e. The molecule has 0 saturated heterocycles. The number of pyridine rings is 1. The summed E-state index contributed by atoms with van der Waals surface area (Å²) in [6.07, 6.45) is -2.18. The third-order valence-corrected chi connectivity index (χ3v) is 6.77. The van der Waals surface area contributed by atoms with Gasteiger partial charge in [-0.15, -0.1) is 0 Å². The second-order valence-electron chi connectivity index (χ2n) is 10.6. The van der Waals surface area contributed by atoms with E-state index in [1.807, 2.05) is 31.9 Å². The molecule has 0 aliphatic carbocycles. The Labute approximate surface area is 220 Å². The molecule has 4 rings (SSSR count). The topological polar surface area (TPSA) is 98.3 Å². The van der Waals surface area contributed by atoms with Crippen LogP contribution in [0.15, 0.2) is 52.9 Å². The van der Waals surface area contributed by atoms with E-state index in [-0.39, 0.29) is 24.2 Å². The molecule has 0 bridgehead atoms. The maximum Gasteiger partial charge on any atom is 0.399 e. The number of aliphatic imine (C=N–C) groups is 1.